The van der Waals surface area contributed by atoms with Crippen LogP contribution in [-0.2, 0) is 19.6 Å². The summed E-state index contributed by atoms with van der Waals surface area (Å²) in [5.41, 5.74) is -0.534. The Morgan fingerprint density at radius 1 is 1.21 bits per heavy atom. The predicted molar refractivity (Wildman–Crippen MR) is 107 cm³/mol. The number of urea groups is 1. The molecule has 0 aliphatic carbocycles. The van der Waals surface area contributed by atoms with Crippen LogP contribution in [-0.4, -0.2) is 67.4 Å². The Morgan fingerprint density at radius 2 is 1.86 bits per heavy atom. The van der Waals surface area contributed by atoms with Gasteiger partial charge in [0.15, 0.2) is 6.61 Å². The molecule has 28 heavy (non-hydrogen) atoms. The van der Waals surface area contributed by atoms with Crippen LogP contribution in [0, 0.1) is 0 Å². The lowest BCUT2D eigenvalue weighted by Gasteiger charge is -2.25. The molecule has 1 fully saturated rings. The largest absolute Gasteiger partial charge is 0.451 e. The van der Waals surface area contributed by atoms with Crippen LogP contribution in [0.15, 0.2) is 16.3 Å². The van der Waals surface area contributed by atoms with Crippen LogP contribution < -0.4 is 10.6 Å². The summed E-state index contributed by atoms with van der Waals surface area (Å²) in [6.45, 7) is 5.30. The second-order valence-corrected chi connectivity index (χ2v) is 11.0. The Bertz CT molecular complexity index is 838. The molecule has 0 atom stereocenters. The summed E-state index contributed by atoms with van der Waals surface area (Å²) in [6.07, 6.45) is 0. The molecule has 0 unspecified atom stereocenters. The highest BCUT2D eigenvalue weighted by Gasteiger charge is 2.32. The van der Waals surface area contributed by atoms with E-state index in [0.29, 0.717) is 24.6 Å². The van der Waals surface area contributed by atoms with Crippen molar-refractivity contribution in [3.63, 3.8) is 0 Å². The topological polar surface area (TPSA) is 122 Å². The smallest absolute Gasteiger partial charge is 0.350 e. The number of rotatable bonds is 5. The number of thioether (sulfide) groups is 1. The number of sulfonamides is 1. The monoisotopic (exact) mass is 449 g/mol. The van der Waals surface area contributed by atoms with Crippen LogP contribution in [0.2, 0.25) is 0 Å². The molecule has 12 heteroatoms. The zero-order chi connectivity index (χ0) is 20.9. The number of hydrogen-bond donors (Lipinski definition) is 2. The first-order valence-corrected chi connectivity index (χ1v) is 11.9. The number of ether oxygens (including phenoxy) is 1. The molecule has 1 aromatic heterocycles. The van der Waals surface area contributed by atoms with Gasteiger partial charge in [-0.3, -0.25) is 10.1 Å². The SMILES string of the molecule is CC(C)(C)NC(=O)NC(=O)COC(=O)c1sccc1S(=O)(=O)N1CCSCC1. The Morgan fingerprint density at radius 3 is 2.46 bits per heavy atom. The van der Waals surface area contributed by atoms with Crippen LogP contribution in [0.1, 0.15) is 30.4 Å². The maximum Gasteiger partial charge on any atom is 0.350 e. The Hall–Kier alpha value is -1.63. The van der Waals surface area contributed by atoms with E-state index in [0.717, 1.165) is 11.3 Å². The molecule has 2 N–H and O–H groups in total. The van der Waals surface area contributed by atoms with Crippen molar-refractivity contribution < 1.29 is 27.5 Å². The van der Waals surface area contributed by atoms with Gasteiger partial charge in [0.2, 0.25) is 10.0 Å². The maximum atomic E-state index is 12.8. The van der Waals surface area contributed by atoms with Crippen molar-refractivity contribution in [3.8, 4) is 0 Å². The molecule has 2 rings (SSSR count). The van der Waals surface area contributed by atoms with Gasteiger partial charge in [0.05, 0.1) is 0 Å². The van der Waals surface area contributed by atoms with Crippen molar-refractivity contribution in [2.75, 3.05) is 31.2 Å². The zero-order valence-corrected chi connectivity index (χ0v) is 18.3. The number of imide groups is 1. The average molecular weight is 450 g/mol. The molecule has 1 aliphatic rings. The molecule has 0 aromatic carbocycles. The van der Waals surface area contributed by atoms with Crippen LogP contribution in [0.4, 0.5) is 4.79 Å². The number of carbonyl (C=O) groups is 3. The Balaban J connectivity index is 1.98. The molecule has 0 bridgehead atoms. The van der Waals surface area contributed by atoms with Gasteiger partial charge >= 0.3 is 12.0 Å². The van der Waals surface area contributed by atoms with Gasteiger partial charge in [-0.15, -0.1) is 11.3 Å². The summed E-state index contributed by atoms with van der Waals surface area (Å²) < 4.78 is 31.8. The van der Waals surface area contributed by atoms with Gasteiger partial charge in [0.25, 0.3) is 5.91 Å². The van der Waals surface area contributed by atoms with Gasteiger partial charge in [-0.25, -0.2) is 18.0 Å². The average Bonchev–Trinajstić information content (AvgIpc) is 3.09. The third-order valence-electron chi connectivity index (χ3n) is 3.48. The summed E-state index contributed by atoms with van der Waals surface area (Å²) in [7, 11) is -3.81. The molecule has 2 heterocycles. The molecule has 0 saturated carbocycles. The van der Waals surface area contributed by atoms with Gasteiger partial charge in [-0.1, -0.05) is 0 Å². The fraction of sp³-hybridized carbons (Fsp3) is 0.562. The lowest BCUT2D eigenvalue weighted by Crippen LogP contribution is -2.49. The molecular weight excluding hydrogens is 426 g/mol. The molecule has 1 saturated heterocycles. The van der Waals surface area contributed by atoms with E-state index in [9.17, 15) is 22.8 Å². The maximum absolute atomic E-state index is 12.8. The fourth-order valence-corrected chi connectivity index (χ4v) is 6.17. The number of nitrogens with zero attached hydrogens (tertiary/aromatic N) is 1. The van der Waals surface area contributed by atoms with E-state index in [4.69, 9.17) is 4.74 Å². The van der Waals surface area contributed by atoms with Crippen molar-refractivity contribution in [1.82, 2.24) is 14.9 Å². The highest BCUT2D eigenvalue weighted by Crippen LogP contribution is 2.27. The van der Waals surface area contributed by atoms with E-state index in [1.807, 2.05) is 5.32 Å². The standard InChI is InChI=1S/C16H23N3O6S3/c1-16(2,3)18-15(22)17-12(20)10-25-14(21)13-11(4-7-27-13)28(23,24)19-5-8-26-9-6-19/h4,7H,5-6,8-10H2,1-3H3,(H2,17,18,20,22). The summed E-state index contributed by atoms with van der Waals surface area (Å²) >= 11 is 2.60. The molecule has 0 radical (unpaired) electrons. The molecule has 0 spiro atoms. The molecule has 1 aromatic rings. The molecule has 9 nitrogen and oxygen atoms in total. The molecular formula is C16H23N3O6S3. The first kappa shape index (κ1) is 22.7. The first-order chi connectivity index (χ1) is 13.0. The predicted octanol–water partition coefficient (Wildman–Crippen LogP) is 1.27. The Labute approximate surface area is 172 Å². The quantitative estimate of drug-likeness (QED) is 0.649. The van der Waals surface area contributed by atoms with Gasteiger partial charge in [-0.05, 0) is 32.2 Å². The van der Waals surface area contributed by atoms with Gasteiger partial charge in [0, 0.05) is 30.1 Å². The molecule has 156 valence electrons. The Kier molecular flexibility index (Phi) is 7.48. The van der Waals surface area contributed by atoms with Gasteiger partial charge in [-0.2, -0.15) is 16.1 Å². The third kappa shape index (κ3) is 6.19. The van der Waals surface area contributed by atoms with Crippen LogP contribution in [0.25, 0.3) is 0 Å². The van der Waals surface area contributed by atoms with Gasteiger partial charge < -0.3 is 10.1 Å². The minimum absolute atomic E-state index is 0.0924. The van der Waals surface area contributed by atoms with E-state index >= 15 is 0 Å². The van der Waals surface area contributed by atoms with Crippen LogP contribution in [0.3, 0.4) is 0 Å². The lowest BCUT2D eigenvalue weighted by atomic mass is 10.1. The minimum Gasteiger partial charge on any atom is -0.451 e. The first-order valence-electron chi connectivity index (χ1n) is 8.45. The summed E-state index contributed by atoms with van der Waals surface area (Å²) in [6, 6.07) is 0.644. The van der Waals surface area contributed by atoms with E-state index in [-0.39, 0.29) is 9.77 Å². The highest BCUT2D eigenvalue weighted by molar-refractivity contribution is 7.99. The third-order valence-corrected chi connectivity index (χ3v) is 7.39. The van der Waals surface area contributed by atoms with Crippen molar-refractivity contribution in [3.05, 3.63) is 16.3 Å². The van der Waals surface area contributed by atoms with E-state index in [1.54, 1.807) is 32.5 Å². The lowest BCUT2D eigenvalue weighted by molar-refractivity contribution is -0.123. The van der Waals surface area contributed by atoms with Crippen molar-refractivity contribution in [2.45, 2.75) is 31.2 Å². The minimum atomic E-state index is -3.81. The van der Waals surface area contributed by atoms with Crippen LogP contribution in [0.5, 0.6) is 0 Å². The summed E-state index contributed by atoms with van der Waals surface area (Å²) in [5, 5.41) is 6.06. The van der Waals surface area contributed by atoms with Crippen molar-refractivity contribution in [2.24, 2.45) is 0 Å². The van der Waals surface area contributed by atoms with E-state index in [2.05, 4.69) is 5.32 Å². The summed E-state index contributed by atoms with van der Waals surface area (Å²) in [4.78, 5) is 35.5. The fourth-order valence-electron chi connectivity index (χ4n) is 2.31. The second kappa shape index (κ2) is 9.25. The van der Waals surface area contributed by atoms with E-state index < -0.39 is 40.1 Å². The molecule has 3 amide bonds. The number of carbonyl (C=O) groups excluding carboxylic acids is 3. The van der Waals surface area contributed by atoms with Crippen molar-refractivity contribution in [1.29, 1.82) is 0 Å². The zero-order valence-electron chi connectivity index (χ0n) is 15.8. The number of amides is 3. The van der Waals surface area contributed by atoms with Crippen molar-refractivity contribution >= 4 is 51.0 Å². The number of esters is 1. The van der Waals surface area contributed by atoms with Crippen LogP contribution >= 0.6 is 23.1 Å². The molecule has 1 aliphatic heterocycles. The van der Waals surface area contributed by atoms with E-state index in [1.165, 1.54) is 15.8 Å². The summed E-state index contributed by atoms with van der Waals surface area (Å²) in [5.74, 6) is -0.352. The number of hydrogen-bond acceptors (Lipinski definition) is 8. The second-order valence-electron chi connectivity index (χ2n) is 6.96. The van der Waals surface area contributed by atoms with Gasteiger partial charge in [0.1, 0.15) is 9.77 Å². The number of nitrogens with one attached hydrogen (secondary N) is 2. The number of thiophene rings is 1. The normalized spacial score (nSPS) is 15.7. The highest BCUT2D eigenvalue weighted by atomic mass is 32.2.